The number of para-hydroxylation sites is 1. The lowest BCUT2D eigenvalue weighted by molar-refractivity contribution is 0.660. The normalized spacial score (nSPS) is 13.2. The van der Waals surface area contributed by atoms with Gasteiger partial charge < -0.3 is 9.32 Å². The maximum Gasteiger partial charge on any atom is 0.139 e. The molecule has 0 aliphatic heterocycles. The van der Waals surface area contributed by atoms with Crippen LogP contribution >= 0.6 is 11.3 Å². The number of aromatic nitrogens is 1. The second kappa shape index (κ2) is 11.0. The molecule has 3 nitrogen and oxygen atoms in total. The van der Waals surface area contributed by atoms with Crippen molar-refractivity contribution in [2.45, 2.75) is 19.3 Å². The van der Waals surface area contributed by atoms with Gasteiger partial charge in [0.15, 0.2) is 0 Å². The van der Waals surface area contributed by atoms with Crippen molar-refractivity contribution in [2.75, 3.05) is 4.90 Å². The molecule has 0 saturated heterocycles. The van der Waals surface area contributed by atoms with Gasteiger partial charge in [-0.05, 0) is 63.7 Å². The Labute approximate surface area is 294 Å². The van der Waals surface area contributed by atoms with Gasteiger partial charge in [-0.3, -0.25) is 0 Å². The van der Waals surface area contributed by atoms with E-state index in [1.54, 1.807) is 11.3 Å². The highest BCUT2D eigenvalue weighted by atomic mass is 32.1. The van der Waals surface area contributed by atoms with Gasteiger partial charge in [-0.15, -0.1) is 11.3 Å². The van der Waals surface area contributed by atoms with Crippen LogP contribution in [0.2, 0.25) is 0 Å². The third-order valence-electron chi connectivity index (χ3n) is 10.3. The van der Waals surface area contributed by atoms with Gasteiger partial charge in [-0.1, -0.05) is 135 Å². The topological polar surface area (TPSA) is 29.3 Å². The number of hydrogen-bond donors (Lipinski definition) is 0. The molecule has 0 fully saturated rings. The number of hydrogen-bond acceptors (Lipinski definition) is 4. The third kappa shape index (κ3) is 4.38. The molecular weight excluding hydrogens is 629 g/mol. The van der Waals surface area contributed by atoms with Gasteiger partial charge in [-0.25, -0.2) is 4.98 Å². The van der Waals surface area contributed by atoms with Gasteiger partial charge in [0, 0.05) is 33.8 Å². The molecule has 238 valence electrons. The van der Waals surface area contributed by atoms with Crippen LogP contribution in [0.15, 0.2) is 162 Å². The van der Waals surface area contributed by atoms with Crippen molar-refractivity contribution in [3.05, 3.63) is 169 Å². The Bertz CT molecular complexity index is 2720. The van der Waals surface area contributed by atoms with E-state index in [0.29, 0.717) is 0 Å². The van der Waals surface area contributed by atoms with Gasteiger partial charge >= 0.3 is 0 Å². The molecule has 4 heteroatoms. The van der Waals surface area contributed by atoms with Crippen LogP contribution in [0.4, 0.5) is 17.1 Å². The zero-order valence-electron chi connectivity index (χ0n) is 27.7. The SMILES string of the molecule is CC1(C)c2ccccc2-c2ccc(N(c3ccc(-c4ccccc4)cc3)c3c4sc(-c5ccccc5)nc4cc4oc5ccccc5c34)cc21. The molecule has 1 aliphatic carbocycles. The van der Waals surface area contributed by atoms with Crippen LogP contribution in [-0.4, -0.2) is 4.98 Å². The first-order valence-corrected chi connectivity index (χ1v) is 17.9. The quantitative estimate of drug-likeness (QED) is 0.184. The second-order valence-corrected chi connectivity index (χ2v) is 14.6. The van der Waals surface area contributed by atoms with E-state index >= 15 is 0 Å². The smallest absolute Gasteiger partial charge is 0.139 e. The number of fused-ring (bicyclic) bond motifs is 7. The molecule has 2 aromatic heterocycles. The van der Waals surface area contributed by atoms with Crippen molar-refractivity contribution in [3.8, 4) is 32.8 Å². The molecule has 0 atom stereocenters. The first-order valence-electron chi connectivity index (χ1n) is 17.0. The minimum absolute atomic E-state index is 0.139. The zero-order chi connectivity index (χ0) is 33.4. The summed E-state index contributed by atoms with van der Waals surface area (Å²) < 4.78 is 7.73. The summed E-state index contributed by atoms with van der Waals surface area (Å²) in [5.41, 5.74) is 14.6. The predicted molar refractivity (Wildman–Crippen MR) is 210 cm³/mol. The molecule has 10 rings (SSSR count). The molecule has 0 saturated carbocycles. The molecule has 9 aromatic rings. The summed E-state index contributed by atoms with van der Waals surface area (Å²) in [6, 6.07) is 56.4. The molecule has 0 N–H and O–H groups in total. The van der Waals surface area contributed by atoms with Crippen LogP contribution in [0, 0.1) is 0 Å². The maximum absolute atomic E-state index is 6.60. The molecular formula is C46H32N2OS. The van der Waals surface area contributed by atoms with Crippen molar-refractivity contribution in [1.82, 2.24) is 4.98 Å². The van der Waals surface area contributed by atoms with Crippen molar-refractivity contribution in [3.63, 3.8) is 0 Å². The van der Waals surface area contributed by atoms with Crippen LogP contribution in [0.5, 0.6) is 0 Å². The maximum atomic E-state index is 6.60. The number of furan rings is 1. The highest BCUT2D eigenvalue weighted by Crippen LogP contribution is 2.53. The van der Waals surface area contributed by atoms with E-state index in [0.717, 1.165) is 59.8 Å². The van der Waals surface area contributed by atoms with Crippen LogP contribution in [0.3, 0.4) is 0 Å². The van der Waals surface area contributed by atoms with E-state index in [-0.39, 0.29) is 5.41 Å². The summed E-state index contributed by atoms with van der Waals surface area (Å²) in [6.07, 6.45) is 0. The standard InChI is InChI=1S/C46H32N2OS/c1-46(2)37-19-11-9-17-34(37)35-26-25-33(27-38(35)46)48(32-23-21-30(22-24-32)29-13-5-3-6-14-29)43-42-36-18-10-12-20-40(36)49-41(42)28-39-44(43)50-45(47-39)31-15-7-4-8-16-31/h3-28H,1-2H3. The number of nitrogens with zero attached hydrogens (tertiary/aromatic N) is 2. The lowest BCUT2D eigenvalue weighted by Gasteiger charge is -2.29. The largest absolute Gasteiger partial charge is 0.456 e. The highest BCUT2D eigenvalue weighted by Gasteiger charge is 2.36. The van der Waals surface area contributed by atoms with E-state index in [1.165, 1.54) is 33.4 Å². The number of anilines is 3. The van der Waals surface area contributed by atoms with E-state index in [4.69, 9.17) is 9.40 Å². The number of thiazole rings is 1. The summed E-state index contributed by atoms with van der Waals surface area (Å²) in [5, 5.41) is 3.17. The fourth-order valence-electron chi connectivity index (χ4n) is 7.84. The fourth-order valence-corrected chi connectivity index (χ4v) is 8.93. The highest BCUT2D eigenvalue weighted by molar-refractivity contribution is 7.22. The van der Waals surface area contributed by atoms with Gasteiger partial charge in [0.1, 0.15) is 16.2 Å². The van der Waals surface area contributed by atoms with Crippen LogP contribution in [-0.2, 0) is 5.41 Å². The van der Waals surface area contributed by atoms with E-state index < -0.39 is 0 Å². The zero-order valence-corrected chi connectivity index (χ0v) is 28.5. The first kappa shape index (κ1) is 29.0. The predicted octanol–water partition coefficient (Wildman–Crippen LogP) is 13.3. The molecule has 2 heterocycles. The average molecular weight is 661 g/mol. The summed E-state index contributed by atoms with van der Waals surface area (Å²) in [7, 11) is 0. The van der Waals surface area contributed by atoms with E-state index in [2.05, 4.69) is 170 Å². The molecule has 0 spiro atoms. The minimum Gasteiger partial charge on any atom is -0.456 e. The molecule has 0 amide bonds. The minimum atomic E-state index is -0.139. The van der Waals surface area contributed by atoms with Gasteiger partial charge in [0.05, 0.1) is 21.3 Å². The summed E-state index contributed by atoms with van der Waals surface area (Å²) in [4.78, 5) is 7.67. The Balaban J connectivity index is 1.28. The van der Waals surface area contributed by atoms with Crippen molar-refractivity contribution in [1.29, 1.82) is 0 Å². The van der Waals surface area contributed by atoms with Gasteiger partial charge in [0.25, 0.3) is 0 Å². The average Bonchev–Trinajstić information content (AvgIpc) is 3.83. The Morgan fingerprint density at radius 2 is 1.20 bits per heavy atom. The molecule has 0 radical (unpaired) electrons. The Kier molecular flexibility index (Phi) is 6.39. The number of benzene rings is 7. The van der Waals surface area contributed by atoms with Gasteiger partial charge in [0.2, 0.25) is 0 Å². The summed E-state index contributed by atoms with van der Waals surface area (Å²) in [5.74, 6) is 0. The lowest BCUT2D eigenvalue weighted by Crippen LogP contribution is -2.16. The molecule has 7 aromatic carbocycles. The number of rotatable bonds is 5. The Morgan fingerprint density at radius 3 is 2.00 bits per heavy atom. The third-order valence-corrected chi connectivity index (χ3v) is 11.4. The molecule has 50 heavy (non-hydrogen) atoms. The summed E-state index contributed by atoms with van der Waals surface area (Å²) in [6.45, 7) is 4.69. The first-order chi connectivity index (χ1) is 24.5. The molecule has 1 aliphatic rings. The van der Waals surface area contributed by atoms with Crippen molar-refractivity contribution >= 4 is 60.6 Å². The lowest BCUT2D eigenvalue weighted by atomic mass is 9.82. The Hall–Kier alpha value is -5.97. The van der Waals surface area contributed by atoms with E-state index in [1.807, 2.05) is 6.07 Å². The van der Waals surface area contributed by atoms with Crippen LogP contribution < -0.4 is 4.90 Å². The monoisotopic (exact) mass is 660 g/mol. The summed E-state index contributed by atoms with van der Waals surface area (Å²) >= 11 is 1.74. The Morgan fingerprint density at radius 1 is 0.560 bits per heavy atom. The van der Waals surface area contributed by atoms with Crippen molar-refractivity contribution in [2.24, 2.45) is 0 Å². The second-order valence-electron chi connectivity index (χ2n) is 13.6. The van der Waals surface area contributed by atoms with Crippen molar-refractivity contribution < 1.29 is 4.42 Å². The molecule has 0 unspecified atom stereocenters. The fraction of sp³-hybridized carbons (Fsp3) is 0.0652. The van der Waals surface area contributed by atoms with Crippen LogP contribution in [0.25, 0.3) is 65.0 Å². The van der Waals surface area contributed by atoms with E-state index in [9.17, 15) is 0 Å². The van der Waals surface area contributed by atoms with Gasteiger partial charge in [-0.2, -0.15) is 0 Å². The molecule has 0 bridgehead atoms. The van der Waals surface area contributed by atoms with Crippen LogP contribution in [0.1, 0.15) is 25.0 Å².